The van der Waals surface area contributed by atoms with E-state index in [0.717, 1.165) is 32.1 Å². The molecule has 3 amide bonds. The number of nitrogens with zero attached hydrogens (tertiary/aromatic N) is 1. The first-order chi connectivity index (χ1) is 16.1. The Morgan fingerprint density at radius 3 is 2.06 bits per heavy atom. The lowest BCUT2D eigenvalue weighted by Gasteiger charge is -2.35. The molecule has 2 unspecified atom stereocenters. The Morgan fingerprint density at radius 1 is 0.971 bits per heavy atom. The van der Waals surface area contributed by atoms with E-state index in [1.807, 2.05) is 20.8 Å². The number of nitrogens with one attached hydrogen (secondary N) is 2. The summed E-state index contributed by atoms with van der Waals surface area (Å²) in [4.78, 5) is 41.0. The maximum absolute atomic E-state index is 13.6. The van der Waals surface area contributed by atoms with Crippen LogP contribution in [-0.4, -0.2) is 51.6 Å². The van der Waals surface area contributed by atoms with E-state index < -0.39 is 29.3 Å². The van der Waals surface area contributed by atoms with Crippen molar-refractivity contribution in [3.05, 3.63) is 29.8 Å². The van der Waals surface area contributed by atoms with Crippen LogP contribution in [0.25, 0.3) is 0 Å². The molecule has 0 aliphatic rings. The average molecular weight is 492 g/mol. The molecule has 1 aromatic carbocycles. The predicted molar refractivity (Wildman–Crippen MR) is 138 cm³/mol. The number of unbranched alkanes of at least 4 members (excludes halogenated alkanes) is 4. The number of amides is 3. The van der Waals surface area contributed by atoms with Crippen LogP contribution in [0.5, 0.6) is 5.75 Å². The van der Waals surface area contributed by atoms with Gasteiger partial charge in [-0.05, 0) is 72.6 Å². The van der Waals surface area contributed by atoms with E-state index in [2.05, 4.69) is 17.6 Å². The molecule has 8 nitrogen and oxygen atoms in total. The van der Waals surface area contributed by atoms with Gasteiger partial charge in [0.2, 0.25) is 11.8 Å². The number of rotatable bonds is 11. The van der Waals surface area contributed by atoms with E-state index in [4.69, 9.17) is 4.74 Å². The fraction of sp³-hybridized carbons (Fsp3) is 0.667. The number of carbonyl (C=O) groups excluding carboxylic acids is 3. The molecule has 0 aliphatic heterocycles. The van der Waals surface area contributed by atoms with Gasteiger partial charge in [0.05, 0.1) is 0 Å². The first-order valence-corrected chi connectivity index (χ1v) is 12.6. The fourth-order valence-electron chi connectivity index (χ4n) is 3.61. The molecule has 1 rings (SSSR count). The lowest BCUT2D eigenvalue weighted by Crippen LogP contribution is -2.54. The van der Waals surface area contributed by atoms with E-state index in [0.29, 0.717) is 12.1 Å². The smallest absolute Gasteiger partial charge is 0.408 e. The second kappa shape index (κ2) is 13.4. The van der Waals surface area contributed by atoms with Gasteiger partial charge in [-0.15, -0.1) is 0 Å². The van der Waals surface area contributed by atoms with Crippen LogP contribution in [0.3, 0.4) is 0 Å². The monoisotopic (exact) mass is 491 g/mol. The number of aromatic hydroxyl groups is 1. The van der Waals surface area contributed by atoms with Gasteiger partial charge in [-0.25, -0.2) is 4.79 Å². The summed E-state index contributed by atoms with van der Waals surface area (Å²) in [7, 11) is 0. The van der Waals surface area contributed by atoms with Crippen LogP contribution < -0.4 is 10.6 Å². The molecule has 0 bridgehead atoms. The number of benzene rings is 1. The second-order valence-corrected chi connectivity index (χ2v) is 11.0. The van der Waals surface area contributed by atoms with Gasteiger partial charge in [0.1, 0.15) is 23.4 Å². The van der Waals surface area contributed by atoms with Gasteiger partial charge >= 0.3 is 6.09 Å². The molecule has 0 heterocycles. The Hall–Kier alpha value is -2.77. The molecule has 8 heteroatoms. The van der Waals surface area contributed by atoms with Crippen LogP contribution in [0.2, 0.25) is 0 Å². The second-order valence-electron chi connectivity index (χ2n) is 11.0. The molecule has 0 fully saturated rings. The predicted octanol–water partition coefficient (Wildman–Crippen LogP) is 5.06. The van der Waals surface area contributed by atoms with Gasteiger partial charge in [0.25, 0.3) is 0 Å². The number of phenolic OH excluding ortho intramolecular Hbond substituents is 1. The number of carbonyl (C=O) groups is 3. The molecular weight excluding hydrogens is 446 g/mol. The highest BCUT2D eigenvalue weighted by Gasteiger charge is 2.35. The Labute approximate surface area is 210 Å². The van der Waals surface area contributed by atoms with Crippen LogP contribution in [0.15, 0.2) is 24.3 Å². The van der Waals surface area contributed by atoms with Crippen LogP contribution >= 0.6 is 0 Å². The van der Waals surface area contributed by atoms with Crippen molar-refractivity contribution in [1.29, 1.82) is 0 Å². The quantitative estimate of drug-likeness (QED) is 0.375. The van der Waals surface area contributed by atoms with Gasteiger partial charge < -0.3 is 25.4 Å². The van der Waals surface area contributed by atoms with Gasteiger partial charge in [-0.3, -0.25) is 9.59 Å². The lowest BCUT2D eigenvalue weighted by molar-refractivity contribution is -0.142. The number of phenols is 1. The van der Waals surface area contributed by atoms with Gasteiger partial charge in [0.15, 0.2) is 0 Å². The third-order valence-corrected chi connectivity index (χ3v) is 5.16. The highest BCUT2D eigenvalue weighted by atomic mass is 16.6. The van der Waals surface area contributed by atoms with Crippen LogP contribution in [0.4, 0.5) is 4.79 Å². The summed E-state index contributed by atoms with van der Waals surface area (Å²) in [6.45, 7) is 15.0. The minimum absolute atomic E-state index is 0.0705. The normalized spacial score (nSPS) is 13.5. The Balaban J connectivity index is 3.29. The van der Waals surface area contributed by atoms with Crippen molar-refractivity contribution in [2.45, 2.75) is 111 Å². The standard InChI is InChI=1S/C27H45N3O5/c1-9-10-11-12-13-18-30(24(33)19(2)28-25(34)35-27(6,7)8)22(23(32)29-26(3,4)5)20-14-16-21(31)17-15-20/h14-17,19,22,31H,9-13,18H2,1-8H3,(H,28,34)(H,29,32). The van der Waals surface area contributed by atoms with Crippen LogP contribution in [0, 0.1) is 0 Å². The SMILES string of the molecule is CCCCCCCN(C(=O)C(C)NC(=O)OC(C)(C)C)C(C(=O)NC(C)(C)C)c1ccc(O)cc1. The zero-order valence-corrected chi connectivity index (χ0v) is 22.7. The van der Waals surface area contributed by atoms with E-state index in [1.54, 1.807) is 39.8 Å². The van der Waals surface area contributed by atoms with E-state index in [1.165, 1.54) is 17.0 Å². The highest BCUT2D eigenvalue weighted by molar-refractivity contribution is 5.92. The summed E-state index contributed by atoms with van der Waals surface area (Å²) in [5.74, 6) is -0.635. The molecule has 198 valence electrons. The summed E-state index contributed by atoms with van der Waals surface area (Å²) < 4.78 is 5.31. The maximum Gasteiger partial charge on any atom is 0.408 e. The molecule has 0 saturated carbocycles. The lowest BCUT2D eigenvalue weighted by atomic mass is 10.00. The minimum atomic E-state index is -0.920. The van der Waals surface area contributed by atoms with Crippen molar-refractivity contribution in [2.75, 3.05) is 6.54 Å². The van der Waals surface area contributed by atoms with Crippen molar-refractivity contribution in [1.82, 2.24) is 15.5 Å². The van der Waals surface area contributed by atoms with Crippen LogP contribution in [-0.2, 0) is 14.3 Å². The molecule has 0 spiro atoms. The Morgan fingerprint density at radius 2 is 1.54 bits per heavy atom. The van der Waals surface area contributed by atoms with Gasteiger partial charge in [-0.2, -0.15) is 0 Å². The molecular formula is C27H45N3O5. The minimum Gasteiger partial charge on any atom is -0.508 e. The molecule has 0 aromatic heterocycles. The summed E-state index contributed by atoms with van der Waals surface area (Å²) in [5, 5.41) is 15.4. The van der Waals surface area contributed by atoms with Crippen molar-refractivity contribution in [3.63, 3.8) is 0 Å². The molecule has 35 heavy (non-hydrogen) atoms. The third-order valence-electron chi connectivity index (χ3n) is 5.16. The molecule has 0 saturated heterocycles. The van der Waals surface area contributed by atoms with E-state index in [-0.39, 0.29) is 17.6 Å². The zero-order valence-electron chi connectivity index (χ0n) is 22.7. The average Bonchev–Trinajstić information content (AvgIpc) is 2.70. The van der Waals surface area contributed by atoms with Crippen molar-refractivity contribution in [2.24, 2.45) is 0 Å². The van der Waals surface area contributed by atoms with Gasteiger partial charge in [-0.1, -0.05) is 44.7 Å². The van der Waals surface area contributed by atoms with E-state index in [9.17, 15) is 19.5 Å². The molecule has 1 aromatic rings. The number of hydrogen-bond donors (Lipinski definition) is 3. The fourth-order valence-corrected chi connectivity index (χ4v) is 3.61. The van der Waals surface area contributed by atoms with Crippen molar-refractivity contribution >= 4 is 17.9 Å². The first kappa shape index (κ1) is 30.3. The molecule has 2 atom stereocenters. The molecule has 3 N–H and O–H groups in total. The summed E-state index contributed by atoms with van der Waals surface area (Å²) in [5.41, 5.74) is -0.633. The Kier molecular flexibility index (Phi) is 11.5. The number of ether oxygens (including phenoxy) is 1. The molecule has 0 radical (unpaired) electrons. The number of hydrogen-bond acceptors (Lipinski definition) is 5. The summed E-state index contributed by atoms with van der Waals surface area (Å²) in [6, 6.07) is 4.47. The largest absolute Gasteiger partial charge is 0.508 e. The highest BCUT2D eigenvalue weighted by Crippen LogP contribution is 2.26. The Bertz CT molecular complexity index is 825. The number of alkyl carbamates (subject to hydrolysis) is 1. The van der Waals surface area contributed by atoms with E-state index >= 15 is 0 Å². The summed E-state index contributed by atoms with van der Waals surface area (Å²) >= 11 is 0. The molecule has 0 aliphatic carbocycles. The van der Waals surface area contributed by atoms with Crippen molar-refractivity contribution in [3.8, 4) is 5.75 Å². The maximum atomic E-state index is 13.6. The topological polar surface area (TPSA) is 108 Å². The zero-order chi connectivity index (χ0) is 26.8. The third kappa shape index (κ3) is 11.5. The van der Waals surface area contributed by atoms with Crippen LogP contribution in [0.1, 0.15) is 99.1 Å². The first-order valence-electron chi connectivity index (χ1n) is 12.6. The van der Waals surface area contributed by atoms with Gasteiger partial charge in [0, 0.05) is 12.1 Å². The summed E-state index contributed by atoms with van der Waals surface area (Å²) in [6.07, 6.45) is 4.21. The van der Waals surface area contributed by atoms with Crippen molar-refractivity contribution < 1.29 is 24.2 Å².